The lowest BCUT2D eigenvalue weighted by Crippen LogP contribution is -2.45. The fourth-order valence-electron chi connectivity index (χ4n) is 2.61. The van der Waals surface area contributed by atoms with Crippen molar-refractivity contribution in [3.8, 4) is 0 Å². The first-order chi connectivity index (χ1) is 14.1. The summed E-state index contributed by atoms with van der Waals surface area (Å²) in [6.45, 7) is -0.404. The van der Waals surface area contributed by atoms with Gasteiger partial charge in [-0.1, -0.05) is 53.0 Å². The van der Waals surface area contributed by atoms with Gasteiger partial charge in [-0.05, 0) is 29.8 Å². The number of carbonyl (C=O) groups is 1. The Hall–Kier alpha value is -2.13. The fraction of sp³-hybridized carbons (Fsp3) is 0.211. The standard InChI is InChI=1S/C19H15Cl3F3N3O2/c20-12-6-5-11(14(22)7-12)9-26-17(29)10-30-18-8-16(19(23,24)25)27-28(18)15-4-2-1-3-13(15)21/h1-8,16,27H,9-10H2,(H,26,29). The zero-order valence-corrected chi connectivity index (χ0v) is 17.4. The van der Waals surface area contributed by atoms with Gasteiger partial charge in [0, 0.05) is 22.7 Å². The van der Waals surface area contributed by atoms with Crippen LogP contribution >= 0.6 is 34.8 Å². The van der Waals surface area contributed by atoms with E-state index in [1.807, 2.05) is 0 Å². The van der Waals surface area contributed by atoms with E-state index >= 15 is 0 Å². The second-order valence-corrected chi connectivity index (χ2v) is 7.49. The highest BCUT2D eigenvalue weighted by atomic mass is 35.5. The number of hydrogen-bond acceptors (Lipinski definition) is 4. The SMILES string of the molecule is O=C(COC1=CC(C(F)(F)F)NN1c1ccccc1Cl)NCc1ccc(Cl)cc1Cl. The van der Waals surface area contributed by atoms with Crippen LogP contribution in [0.4, 0.5) is 18.9 Å². The van der Waals surface area contributed by atoms with Gasteiger partial charge in [-0.25, -0.2) is 10.4 Å². The minimum Gasteiger partial charge on any atom is -0.468 e. The number of amides is 1. The molecule has 5 nitrogen and oxygen atoms in total. The van der Waals surface area contributed by atoms with Crippen LogP contribution in [-0.4, -0.2) is 24.7 Å². The number of hydrogen-bond donors (Lipinski definition) is 2. The molecular formula is C19H15Cl3F3N3O2. The second kappa shape index (κ2) is 9.34. The number of nitrogens with one attached hydrogen (secondary N) is 2. The summed E-state index contributed by atoms with van der Waals surface area (Å²) in [4.78, 5) is 12.1. The number of ether oxygens (including phenoxy) is 1. The van der Waals surface area contributed by atoms with Crippen molar-refractivity contribution in [1.29, 1.82) is 0 Å². The van der Waals surface area contributed by atoms with Gasteiger partial charge in [0.2, 0.25) is 5.88 Å². The van der Waals surface area contributed by atoms with Crippen molar-refractivity contribution in [2.45, 2.75) is 18.8 Å². The van der Waals surface area contributed by atoms with E-state index in [-0.39, 0.29) is 23.1 Å². The largest absolute Gasteiger partial charge is 0.468 e. The molecule has 1 heterocycles. The molecule has 2 aromatic rings. The quantitative estimate of drug-likeness (QED) is 0.606. The van der Waals surface area contributed by atoms with E-state index < -0.39 is 24.7 Å². The topological polar surface area (TPSA) is 53.6 Å². The summed E-state index contributed by atoms with van der Waals surface area (Å²) in [6, 6.07) is 9.14. The average molecular weight is 481 g/mol. The monoisotopic (exact) mass is 479 g/mol. The van der Waals surface area contributed by atoms with E-state index in [2.05, 4.69) is 10.7 Å². The zero-order chi connectivity index (χ0) is 21.9. The third-order valence-electron chi connectivity index (χ3n) is 4.09. The first kappa shape index (κ1) is 22.6. The van der Waals surface area contributed by atoms with Crippen molar-refractivity contribution in [2.24, 2.45) is 0 Å². The lowest BCUT2D eigenvalue weighted by atomic mass is 10.2. The van der Waals surface area contributed by atoms with Gasteiger partial charge in [0.05, 0.1) is 10.7 Å². The van der Waals surface area contributed by atoms with Gasteiger partial charge < -0.3 is 10.1 Å². The number of carbonyl (C=O) groups excluding carboxylic acids is 1. The third-order valence-corrected chi connectivity index (χ3v) is 4.99. The molecule has 1 aliphatic heterocycles. The van der Waals surface area contributed by atoms with E-state index in [1.165, 1.54) is 18.2 Å². The van der Waals surface area contributed by atoms with Crippen molar-refractivity contribution in [2.75, 3.05) is 11.6 Å². The average Bonchev–Trinajstić information content (AvgIpc) is 3.10. The maximum atomic E-state index is 13.2. The van der Waals surface area contributed by atoms with Crippen molar-refractivity contribution in [1.82, 2.24) is 10.7 Å². The van der Waals surface area contributed by atoms with Crippen LogP contribution in [0.15, 0.2) is 54.4 Å². The smallest absolute Gasteiger partial charge is 0.409 e. The molecule has 0 radical (unpaired) electrons. The molecule has 160 valence electrons. The second-order valence-electron chi connectivity index (χ2n) is 6.24. The molecule has 2 N–H and O–H groups in total. The van der Waals surface area contributed by atoms with Gasteiger partial charge in [0.25, 0.3) is 5.91 Å². The molecule has 1 atom stereocenters. The van der Waals surface area contributed by atoms with Gasteiger partial charge in [-0.2, -0.15) is 13.2 Å². The molecule has 0 saturated heterocycles. The molecule has 1 amide bonds. The van der Waals surface area contributed by atoms with Crippen LogP contribution in [0.1, 0.15) is 5.56 Å². The summed E-state index contributed by atoms with van der Waals surface area (Å²) in [5.74, 6) is -0.735. The highest BCUT2D eigenvalue weighted by Crippen LogP contribution is 2.33. The first-order valence-corrected chi connectivity index (χ1v) is 9.71. The van der Waals surface area contributed by atoms with Gasteiger partial charge in [-0.15, -0.1) is 0 Å². The van der Waals surface area contributed by atoms with E-state index in [1.54, 1.807) is 24.3 Å². The van der Waals surface area contributed by atoms with E-state index in [0.29, 0.717) is 15.6 Å². The van der Waals surface area contributed by atoms with Crippen LogP contribution < -0.4 is 15.8 Å². The van der Waals surface area contributed by atoms with Crippen molar-refractivity contribution in [3.05, 3.63) is 75.1 Å². The predicted octanol–water partition coefficient (Wildman–Crippen LogP) is 5.08. The molecule has 30 heavy (non-hydrogen) atoms. The maximum Gasteiger partial charge on any atom is 0.409 e. The predicted molar refractivity (Wildman–Crippen MR) is 109 cm³/mol. The lowest BCUT2D eigenvalue weighted by Gasteiger charge is -2.25. The number of alkyl halides is 3. The van der Waals surface area contributed by atoms with Crippen LogP contribution in [0.5, 0.6) is 0 Å². The van der Waals surface area contributed by atoms with Crippen LogP contribution in [0.25, 0.3) is 0 Å². The Morgan fingerprint density at radius 2 is 1.87 bits per heavy atom. The van der Waals surface area contributed by atoms with E-state index in [4.69, 9.17) is 39.5 Å². The van der Waals surface area contributed by atoms with Gasteiger partial charge in [0.15, 0.2) is 6.61 Å². The normalized spacial score (nSPS) is 16.4. The number of anilines is 1. The molecular weight excluding hydrogens is 466 g/mol. The summed E-state index contributed by atoms with van der Waals surface area (Å²) in [5.41, 5.74) is 3.16. The Bertz CT molecular complexity index is 970. The molecule has 0 spiro atoms. The summed E-state index contributed by atoms with van der Waals surface area (Å²) in [5, 5.41) is 4.69. The van der Waals surface area contributed by atoms with Crippen LogP contribution in [0, 0.1) is 0 Å². The molecule has 0 fully saturated rings. The number of halogens is 6. The molecule has 2 aromatic carbocycles. The molecule has 1 aliphatic rings. The van der Waals surface area contributed by atoms with Crippen LogP contribution in [0.2, 0.25) is 15.1 Å². The molecule has 1 unspecified atom stereocenters. The Labute approximate surface area is 185 Å². The number of hydrazine groups is 1. The highest BCUT2D eigenvalue weighted by molar-refractivity contribution is 6.35. The molecule has 3 rings (SSSR count). The summed E-state index contributed by atoms with van der Waals surface area (Å²) in [6.07, 6.45) is -3.72. The Morgan fingerprint density at radius 1 is 1.13 bits per heavy atom. The minimum atomic E-state index is -4.56. The zero-order valence-electron chi connectivity index (χ0n) is 15.1. The van der Waals surface area contributed by atoms with E-state index in [0.717, 1.165) is 11.1 Å². The number of nitrogens with zero attached hydrogens (tertiary/aromatic N) is 1. The number of benzene rings is 2. The van der Waals surface area contributed by atoms with Gasteiger partial charge in [0.1, 0.15) is 6.04 Å². The molecule has 0 saturated carbocycles. The number of rotatable bonds is 6. The Kier molecular flexibility index (Phi) is 7.02. The summed E-state index contributed by atoms with van der Waals surface area (Å²) in [7, 11) is 0. The molecule has 0 bridgehead atoms. The maximum absolute atomic E-state index is 13.2. The van der Waals surface area contributed by atoms with Crippen molar-refractivity contribution < 1.29 is 22.7 Å². The van der Waals surface area contributed by atoms with Gasteiger partial charge in [-0.3, -0.25) is 4.79 Å². The fourth-order valence-corrected chi connectivity index (χ4v) is 3.30. The molecule has 0 aliphatic carbocycles. The summed E-state index contributed by atoms with van der Waals surface area (Å²) < 4.78 is 44.9. The number of para-hydroxylation sites is 1. The van der Waals surface area contributed by atoms with Crippen molar-refractivity contribution in [3.63, 3.8) is 0 Å². The Balaban J connectivity index is 1.66. The third kappa shape index (κ3) is 5.51. The first-order valence-electron chi connectivity index (χ1n) is 8.58. The minimum absolute atomic E-state index is 0.106. The van der Waals surface area contributed by atoms with Crippen LogP contribution in [-0.2, 0) is 16.1 Å². The molecule has 0 aromatic heterocycles. The summed E-state index contributed by atoms with van der Waals surface area (Å²) >= 11 is 18.0. The van der Waals surface area contributed by atoms with E-state index in [9.17, 15) is 18.0 Å². The molecule has 11 heteroatoms. The van der Waals surface area contributed by atoms with Crippen molar-refractivity contribution >= 4 is 46.4 Å². The Morgan fingerprint density at radius 3 is 2.53 bits per heavy atom. The lowest BCUT2D eigenvalue weighted by molar-refractivity contribution is -0.142. The van der Waals surface area contributed by atoms with Gasteiger partial charge >= 0.3 is 6.18 Å². The highest BCUT2D eigenvalue weighted by Gasteiger charge is 2.44. The van der Waals surface area contributed by atoms with Crippen LogP contribution in [0.3, 0.4) is 0 Å².